The van der Waals surface area contributed by atoms with Gasteiger partial charge in [-0.1, -0.05) is 28.1 Å². The lowest BCUT2D eigenvalue weighted by Crippen LogP contribution is -2.43. The van der Waals surface area contributed by atoms with Gasteiger partial charge in [-0.3, -0.25) is 4.90 Å². The summed E-state index contributed by atoms with van der Waals surface area (Å²) in [6.45, 7) is 6.51. The van der Waals surface area contributed by atoms with Crippen LogP contribution >= 0.6 is 15.9 Å². The van der Waals surface area contributed by atoms with E-state index in [1.165, 1.54) is 55.4 Å². The molecule has 0 aromatic heterocycles. The number of nitrogens with zero attached hydrogens (tertiary/aromatic N) is 1. The van der Waals surface area contributed by atoms with Crippen molar-refractivity contribution in [1.29, 1.82) is 0 Å². The summed E-state index contributed by atoms with van der Waals surface area (Å²) in [5.41, 5.74) is 1.41. The Morgan fingerprint density at radius 1 is 1.14 bits per heavy atom. The molecule has 1 aromatic rings. The van der Waals surface area contributed by atoms with Crippen LogP contribution in [0.1, 0.15) is 31.2 Å². The first kappa shape index (κ1) is 16.4. The first-order chi connectivity index (χ1) is 10.8. The smallest absolute Gasteiger partial charge is 0.0480 e. The molecule has 3 nitrogen and oxygen atoms in total. The van der Waals surface area contributed by atoms with Crippen molar-refractivity contribution in [3.63, 3.8) is 0 Å². The number of halogens is 1. The quantitative estimate of drug-likeness (QED) is 0.863. The van der Waals surface area contributed by atoms with Gasteiger partial charge in [0.05, 0.1) is 0 Å². The van der Waals surface area contributed by atoms with E-state index in [4.69, 9.17) is 4.74 Å². The molecular weight excluding hydrogens is 340 g/mol. The first-order valence-corrected chi connectivity index (χ1v) is 9.37. The van der Waals surface area contributed by atoms with E-state index < -0.39 is 0 Å². The fraction of sp³-hybridized carbons (Fsp3) is 0.667. The highest BCUT2D eigenvalue weighted by molar-refractivity contribution is 9.10. The summed E-state index contributed by atoms with van der Waals surface area (Å²) < 4.78 is 6.74. The molecule has 1 aromatic carbocycles. The molecule has 0 aliphatic carbocycles. The molecule has 4 heteroatoms. The summed E-state index contributed by atoms with van der Waals surface area (Å²) in [4.78, 5) is 2.72. The molecule has 1 N–H and O–H groups in total. The van der Waals surface area contributed by atoms with Gasteiger partial charge in [-0.15, -0.1) is 0 Å². The van der Waals surface area contributed by atoms with Gasteiger partial charge in [-0.25, -0.2) is 0 Å². The van der Waals surface area contributed by atoms with Crippen LogP contribution in [0.3, 0.4) is 0 Å². The van der Waals surface area contributed by atoms with Crippen molar-refractivity contribution in [3.05, 3.63) is 34.3 Å². The van der Waals surface area contributed by atoms with Crippen LogP contribution in [0.25, 0.3) is 0 Å². The van der Waals surface area contributed by atoms with Crippen LogP contribution in [0, 0.1) is 5.92 Å². The van der Waals surface area contributed by atoms with Crippen molar-refractivity contribution in [2.45, 2.75) is 38.3 Å². The maximum atomic E-state index is 5.57. The van der Waals surface area contributed by atoms with E-state index in [0.717, 1.165) is 25.7 Å². The topological polar surface area (TPSA) is 24.5 Å². The Hall–Kier alpha value is -0.420. The van der Waals surface area contributed by atoms with Crippen LogP contribution in [0.2, 0.25) is 0 Å². The minimum Gasteiger partial charge on any atom is -0.381 e. The lowest BCUT2D eigenvalue weighted by molar-refractivity contribution is 0.0229. The van der Waals surface area contributed by atoms with E-state index in [1.54, 1.807) is 0 Å². The summed E-state index contributed by atoms with van der Waals surface area (Å²) in [6, 6.07) is 9.44. The zero-order valence-electron chi connectivity index (χ0n) is 13.3. The van der Waals surface area contributed by atoms with Crippen LogP contribution < -0.4 is 5.32 Å². The number of hydrogen-bond acceptors (Lipinski definition) is 3. The summed E-state index contributed by atoms with van der Waals surface area (Å²) >= 11 is 3.60. The number of ether oxygens (including phenoxy) is 1. The fourth-order valence-corrected chi connectivity index (χ4v) is 4.11. The summed E-state index contributed by atoms with van der Waals surface area (Å²) in [5.74, 6) is 0.844. The SMILES string of the molecule is Brc1cccc(CN(CC2CCNCC2)C2CCOCC2)c1. The highest BCUT2D eigenvalue weighted by atomic mass is 79.9. The normalized spacial score (nSPS) is 21.4. The molecule has 2 saturated heterocycles. The van der Waals surface area contributed by atoms with Crippen molar-refractivity contribution in [2.24, 2.45) is 5.92 Å². The van der Waals surface area contributed by atoms with E-state index in [-0.39, 0.29) is 0 Å². The van der Waals surface area contributed by atoms with Gasteiger partial charge in [0.25, 0.3) is 0 Å². The Morgan fingerprint density at radius 2 is 1.91 bits per heavy atom. The third-order valence-corrected chi connectivity index (χ3v) is 5.43. The van der Waals surface area contributed by atoms with Crippen LogP contribution in [0.4, 0.5) is 0 Å². The Kier molecular flexibility index (Phi) is 6.30. The molecule has 0 saturated carbocycles. The maximum absolute atomic E-state index is 5.57. The average Bonchev–Trinajstić information content (AvgIpc) is 2.56. The van der Waals surface area contributed by atoms with Gasteiger partial charge >= 0.3 is 0 Å². The minimum atomic E-state index is 0.683. The predicted octanol–water partition coefficient (Wildman–Crippen LogP) is 3.43. The average molecular weight is 367 g/mol. The molecule has 2 fully saturated rings. The molecule has 0 amide bonds. The highest BCUT2D eigenvalue weighted by Gasteiger charge is 2.25. The van der Waals surface area contributed by atoms with E-state index in [1.807, 2.05) is 0 Å². The van der Waals surface area contributed by atoms with E-state index in [2.05, 4.69) is 50.4 Å². The second kappa shape index (κ2) is 8.44. The van der Waals surface area contributed by atoms with Crippen LogP contribution in [-0.4, -0.2) is 43.8 Å². The Bertz CT molecular complexity index is 456. The van der Waals surface area contributed by atoms with Crippen molar-refractivity contribution in [2.75, 3.05) is 32.8 Å². The highest BCUT2D eigenvalue weighted by Crippen LogP contribution is 2.23. The predicted molar refractivity (Wildman–Crippen MR) is 94.0 cm³/mol. The van der Waals surface area contributed by atoms with Crippen LogP contribution in [-0.2, 0) is 11.3 Å². The standard InChI is InChI=1S/C18H27BrN2O/c19-17-3-1-2-16(12-17)14-21(18-6-10-22-11-7-18)13-15-4-8-20-9-5-15/h1-3,12,15,18,20H,4-11,13-14H2. The van der Waals surface area contributed by atoms with E-state index in [0.29, 0.717) is 6.04 Å². The molecule has 2 aliphatic rings. The van der Waals surface area contributed by atoms with Crippen molar-refractivity contribution in [1.82, 2.24) is 10.2 Å². The van der Waals surface area contributed by atoms with Crippen molar-refractivity contribution in [3.8, 4) is 0 Å². The number of rotatable bonds is 5. The number of benzene rings is 1. The van der Waals surface area contributed by atoms with E-state index >= 15 is 0 Å². The maximum Gasteiger partial charge on any atom is 0.0480 e. The van der Waals surface area contributed by atoms with Gasteiger partial charge in [-0.2, -0.15) is 0 Å². The third-order valence-electron chi connectivity index (χ3n) is 4.93. The Balaban J connectivity index is 1.66. The zero-order chi connectivity index (χ0) is 15.2. The van der Waals surface area contributed by atoms with Crippen LogP contribution in [0.5, 0.6) is 0 Å². The third kappa shape index (κ3) is 4.79. The largest absolute Gasteiger partial charge is 0.381 e. The number of piperidine rings is 1. The minimum absolute atomic E-state index is 0.683. The molecule has 122 valence electrons. The second-order valence-electron chi connectivity index (χ2n) is 6.60. The van der Waals surface area contributed by atoms with Gasteiger partial charge in [0, 0.05) is 36.8 Å². The van der Waals surface area contributed by atoms with Gasteiger partial charge < -0.3 is 10.1 Å². The second-order valence-corrected chi connectivity index (χ2v) is 7.51. The van der Waals surface area contributed by atoms with Gasteiger partial charge in [0.1, 0.15) is 0 Å². The van der Waals surface area contributed by atoms with Crippen molar-refractivity contribution < 1.29 is 4.74 Å². The number of nitrogens with one attached hydrogen (secondary N) is 1. The first-order valence-electron chi connectivity index (χ1n) is 8.58. The number of hydrogen-bond donors (Lipinski definition) is 1. The van der Waals surface area contributed by atoms with Gasteiger partial charge in [0.15, 0.2) is 0 Å². The molecule has 0 spiro atoms. The molecule has 0 unspecified atom stereocenters. The molecule has 2 aliphatic heterocycles. The monoisotopic (exact) mass is 366 g/mol. The molecule has 0 atom stereocenters. The fourth-order valence-electron chi connectivity index (χ4n) is 3.66. The molecule has 0 radical (unpaired) electrons. The summed E-state index contributed by atoms with van der Waals surface area (Å²) in [5, 5.41) is 3.48. The summed E-state index contributed by atoms with van der Waals surface area (Å²) in [6.07, 6.45) is 4.99. The molecular formula is C18H27BrN2O. The zero-order valence-corrected chi connectivity index (χ0v) is 14.9. The lowest BCUT2D eigenvalue weighted by Gasteiger charge is -2.37. The van der Waals surface area contributed by atoms with Gasteiger partial charge in [-0.05, 0) is 62.4 Å². The Morgan fingerprint density at radius 3 is 2.64 bits per heavy atom. The molecule has 3 rings (SSSR count). The summed E-state index contributed by atoms with van der Waals surface area (Å²) in [7, 11) is 0. The van der Waals surface area contributed by atoms with Crippen LogP contribution in [0.15, 0.2) is 28.7 Å². The lowest BCUT2D eigenvalue weighted by atomic mass is 9.95. The molecule has 0 bridgehead atoms. The Labute approximate surface area is 142 Å². The molecule has 2 heterocycles. The van der Waals surface area contributed by atoms with Gasteiger partial charge in [0.2, 0.25) is 0 Å². The van der Waals surface area contributed by atoms with Crippen molar-refractivity contribution >= 4 is 15.9 Å². The molecule has 22 heavy (non-hydrogen) atoms. The van der Waals surface area contributed by atoms with E-state index in [9.17, 15) is 0 Å².